The normalized spacial score (nSPS) is 23.1. The molecule has 112 valence electrons. The molecule has 0 radical (unpaired) electrons. The highest BCUT2D eigenvalue weighted by atomic mass is 16.2. The zero-order chi connectivity index (χ0) is 14.5. The van der Waals surface area contributed by atoms with Gasteiger partial charge in [0.15, 0.2) is 0 Å². The van der Waals surface area contributed by atoms with E-state index in [0.717, 1.165) is 37.9 Å². The molecule has 0 aromatic heterocycles. The van der Waals surface area contributed by atoms with Crippen LogP contribution in [0.1, 0.15) is 52.4 Å². The highest BCUT2D eigenvalue weighted by molar-refractivity contribution is 5.98. The van der Waals surface area contributed by atoms with Crippen LogP contribution in [0.5, 0.6) is 0 Å². The first-order chi connectivity index (χ1) is 9.67. The SMILES string of the molecule is CCCC/C1=N/CN(C(=O)C2CC2)CCC(=O)N1CC. The summed E-state index contributed by atoms with van der Waals surface area (Å²) in [4.78, 5) is 32.5. The van der Waals surface area contributed by atoms with Crippen LogP contribution >= 0.6 is 0 Å². The number of hydrogen-bond acceptors (Lipinski definition) is 3. The van der Waals surface area contributed by atoms with E-state index in [1.165, 1.54) is 0 Å². The fourth-order valence-electron chi connectivity index (χ4n) is 2.51. The van der Waals surface area contributed by atoms with Crippen molar-refractivity contribution >= 4 is 17.6 Å². The van der Waals surface area contributed by atoms with Gasteiger partial charge in [-0.15, -0.1) is 0 Å². The monoisotopic (exact) mass is 279 g/mol. The number of carbonyl (C=O) groups is 2. The molecular weight excluding hydrogens is 254 g/mol. The fraction of sp³-hybridized carbons (Fsp3) is 0.800. The molecular formula is C15H25N3O2. The number of amidine groups is 1. The summed E-state index contributed by atoms with van der Waals surface area (Å²) in [6.07, 6.45) is 5.33. The van der Waals surface area contributed by atoms with Gasteiger partial charge in [-0.05, 0) is 26.2 Å². The molecule has 0 aromatic rings. The number of aliphatic imine (C=N–C) groups is 1. The number of carbonyl (C=O) groups excluding carboxylic acids is 2. The van der Waals surface area contributed by atoms with Gasteiger partial charge in [0.2, 0.25) is 11.8 Å². The molecule has 1 aliphatic heterocycles. The molecule has 1 saturated carbocycles. The van der Waals surface area contributed by atoms with Crippen molar-refractivity contribution in [2.45, 2.75) is 52.4 Å². The minimum Gasteiger partial charge on any atom is -0.322 e. The van der Waals surface area contributed by atoms with Crippen LogP contribution in [-0.4, -0.2) is 47.2 Å². The van der Waals surface area contributed by atoms with Crippen molar-refractivity contribution in [2.24, 2.45) is 10.9 Å². The zero-order valence-corrected chi connectivity index (χ0v) is 12.6. The molecule has 2 amide bonds. The summed E-state index contributed by atoms with van der Waals surface area (Å²) in [5, 5.41) is 0. The highest BCUT2D eigenvalue weighted by Crippen LogP contribution is 2.31. The quantitative estimate of drug-likeness (QED) is 0.773. The van der Waals surface area contributed by atoms with Gasteiger partial charge in [0.05, 0.1) is 0 Å². The maximum Gasteiger partial charge on any atom is 0.229 e. The van der Waals surface area contributed by atoms with Crippen molar-refractivity contribution in [3.8, 4) is 0 Å². The van der Waals surface area contributed by atoms with Gasteiger partial charge >= 0.3 is 0 Å². The second-order valence-electron chi connectivity index (χ2n) is 5.58. The molecule has 0 aromatic carbocycles. The molecule has 1 aliphatic carbocycles. The predicted molar refractivity (Wildman–Crippen MR) is 78.3 cm³/mol. The van der Waals surface area contributed by atoms with E-state index in [9.17, 15) is 9.59 Å². The average molecular weight is 279 g/mol. The van der Waals surface area contributed by atoms with Crippen LogP contribution in [0.3, 0.4) is 0 Å². The Morgan fingerprint density at radius 3 is 2.70 bits per heavy atom. The van der Waals surface area contributed by atoms with Crippen molar-refractivity contribution in [1.29, 1.82) is 0 Å². The molecule has 1 fully saturated rings. The van der Waals surface area contributed by atoms with E-state index in [4.69, 9.17) is 0 Å². The molecule has 5 heteroatoms. The van der Waals surface area contributed by atoms with Gasteiger partial charge in [-0.3, -0.25) is 14.6 Å². The van der Waals surface area contributed by atoms with Gasteiger partial charge in [-0.2, -0.15) is 0 Å². The maximum absolute atomic E-state index is 12.2. The molecule has 0 atom stereocenters. The molecule has 0 N–H and O–H groups in total. The van der Waals surface area contributed by atoms with Gasteiger partial charge in [0.1, 0.15) is 12.5 Å². The van der Waals surface area contributed by atoms with E-state index in [0.29, 0.717) is 26.2 Å². The minimum absolute atomic E-state index is 0.0932. The third kappa shape index (κ3) is 3.58. The molecule has 0 spiro atoms. The lowest BCUT2D eigenvalue weighted by molar-refractivity contribution is -0.134. The van der Waals surface area contributed by atoms with Crippen molar-refractivity contribution in [3.63, 3.8) is 0 Å². The van der Waals surface area contributed by atoms with Crippen LogP contribution in [0.25, 0.3) is 0 Å². The zero-order valence-electron chi connectivity index (χ0n) is 12.6. The van der Waals surface area contributed by atoms with E-state index < -0.39 is 0 Å². The third-order valence-corrected chi connectivity index (χ3v) is 3.94. The van der Waals surface area contributed by atoms with E-state index in [2.05, 4.69) is 11.9 Å². The molecule has 2 aliphatic rings. The summed E-state index contributed by atoms with van der Waals surface area (Å²) >= 11 is 0. The molecule has 5 nitrogen and oxygen atoms in total. The van der Waals surface area contributed by atoms with Crippen molar-refractivity contribution in [2.75, 3.05) is 19.8 Å². The first kappa shape index (κ1) is 15.0. The van der Waals surface area contributed by atoms with Crippen molar-refractivity contribution in [3.05, 3.63) is 0 Å². The van der Waals surface area contributed by atoms with Gasteiger partial charge < -0.3 is 9.80 Å². The molecule has 20 heavy (non-hydrogen) atoms. The van der Waals surface area contributed by atoms with Gasteiger partial charge in [0, 0.05) is 31.8 Å². The predicted octanol–water partition coefficient (Wildman–Crippen LogP) is 2.02. The summed E-state index contributed by atoms with van der Waals surface area (Å²) in [6, 6.07) is 0. The van der Waals surface area contributed by atoms with Gasteiger partial charge in [0.25, 0.3) is 0 Å². The Bertz CT molecular complexity index is 402. The number of rotatable bonds is 5. The maximum atomic E-state index is 12.2. The minimum atomic E-state index is 0.0932. The Balaban J connectivity index is 2.09. The summed E-state index contributed by atoms with van der Waals surface area (Å²) in [7, 11) is 0. The lowest BCUT2D eigenvalue weighted by Gasteiger charge is -2.29. The average Bonchev–Trinajstić information content (AvgIpc) is 3.26. The number of hydrogen-bond donors (Lipinski definition) is 0. The summed E-state index contributed by atoms with van der Waals surface area (Å²) in [5.41, 5.74) is 0. The van der Waals surface area contributed by atoms with E-state index in [1.807, 2.05) is 6.92 Å². The smallest absolute Gasteiger partial charge is 0.229 e. The Labute approximate surface area is 121 Å². The second kappa shape index (κ2) is 6.86. The fourth-order valence-corrected chi connectivity index (χ4v) is 2.51. The molecule has 0 bridgehead atoms. The Morgan fingerprint density at radius 1 is 1.35 bits per heavy atom. The van der Waals surface area contributed by atoms with Crippen LogP contribution < -0.4 is 0 Å². The van der Waals surface area contributed by atoms with Gasteiger partial charge in [-0.1, -0.05) is 13.3 Å². The van der Waals surface area contributed by atoms with Crippen molar-refractivity contribution in [1.82, 2.24) is 9.80 Å². The lowest BCUT2D eigenvalue weighted by Crippen LogP contribution is -2.44. The highest BCUT2D eigenvalue weighted by Gasteiger charge is 2.34. The van der Waals surface area contributed by atoms with Crippen LogP contribution in [0.2, 0.25) is 0 Å². The van der Waals surface area contributed by atoms with Crippen LogP contribution in [0.15, 0.2) is 4.99 Å². The molecule has 2 rings (SSSR count). The van der Waals surface area contributed by atoms with E-state index in [-0.39, 0.29) is 17.7 Å². The third-order valence-electron chi connectivity index (χ3n) is 3.94. The van der Waals surface area contributed by atoms with Crippen LogP contribution in [0, 0.1) is 5.92 Å². The summed E-state index contributed by atoms with van der Waals surface area (Å²) in [5.74, 6) is 1.32. The molecule has 0 unspecified atom stereocenters. The Hall–Kier alpha value is -1.39. The van der Waals surface area contributed by atoms with Crippen molar-refractivity contribution < 1.29 is 9.59 Å². The van der Waals surface area contributed by atoms with Crippen LogP contribution in [0.4, 0.5) is 0 Å². The standard InChI is InChI=1S/C15H25N3O2/c1-3-5-6-13-16-11-17(15(20)12-7-8-12)10-9-14(19)18(13)4-2/h12H,3-11H2,1-2H3/b16-13-. The molecule has 1 heterocycles. The first-order valence-electron chi connectivity index (χ1n) is 7.79. The number of amides is 2. The topological polar surface area (TPSA) is 53.0 Å². The second-order valence-corrected chi connectivity index (χ2v) is 5.58. The summed E-state index contributed by atoms with van der Waals surface area (Å²) < 4.78 is 0. The van der Waals surface area contributed by atoms with Crippen LogP contribution in [-0.2, 0) is 9.59 Å². The van der Waals surface area contributed by atoms with E-state index in [1.54, 1.807) is 9.80 Å². The number of unbranched alkanes of at least 4 members (excludes halogenated alkanes) is 1. The first-order valence-corrected chi connectivity index (χ1v) is 7.79. The van der Waals surface area contributed by atoms with E-state index >= 15 is 0 Å². The largest absolute Gasteiger partial charge is 0.322 e. The van der Waals surface area contributed by atoms with Gasteiger partial charge in [-0.25, -0.2) is 0 Å². The summed E-state index contributed by atoms with van der Waals surface area (Å²) in [6.45, 7) is 5.70. The Morgan fingerprint density at radius 2 is 2.10 bits per heavy atom. The lowest BCUT2D eigenvalue weighted by atomic mass is 10.2. The molecule has 0 saturated heterocycles. The number of nitrogens with zero attached hydrogens (tertiary/aromatic N) is 3. The Kier molecular flexibility index (Phi) is 5.15.